The minimum atomic E-state index is -5.07. The van der Waals surface area contributed by atoms with Crippen molar-refractivity contribution >= 4 is 24.8 Å². The predicted molar refractivity (Wildman–Crippen MR) is 73.4 cm³/mol. The topological polar surface area (TPSA) is 186 Å². The van der Waals surface area contributed by atoms with Crippen molar-refractivity contribution < 1.29 is 33.8 Å². The maximum Gasteiger partial charge on any atom is 0.472 e. The van der Waals surface area contributed by atoms with Gasteiger partial charge in [0.25, 0.3) is 0 Å². The molecule has 4 atom stereocenters. The zero-order valence-corrected chi connectivity index (χ0v) is 12.6. The second-order valence-corrected chi connectivity index (χ2v) is 6.19. The molecule has 0 spiro atoms. The molecule has 2 aromatic heterocycles. The molecule has 126 valence electrons. The molecule has 0 saturated carbocycles. The lowest BCUT2D eigenvalue weighted by Gasteiger charge is -2.28. The van der Waals surface area contributed by atoms with Gasteiger partial charge in [0.15, 0.2) is 23.8 Å². The average molecular weight is 347 g/mol. The minimum Gasteiger partial charge on any atom is -0.383 e. The number of aliphatic hydroxyl groups is 2. The second kappa shape index (κ2) is 5.18. The number of anilines is 1. The molecule has 1 aliphatic heterocycles. The quantitative estimate of drug-likeness (QED) is 0.321. The van der Waals surface area contributed by atoms with Gasteiger partial charge < -0.3 is 30.5 Å². The summed E-state index contributed by atoms with van der Waals surface area (Å²) >= 11 is 0. The van der Waals surface area contributed by atoms with Crippen molar-refractivity contribution in [1.82, 2.24) is 19.5 Å². The van der Waals surface area contributed by atoms with Crippen LogP contribution in [0.15, 0.2) is 12.7 Å². The van der Waals surface area contributed by atoms with Gasteiger partial charge in [0, 0.05) is 0 Å². The van der Waals surface area contributed by atoms with Crippen LogP contribution in [0.5, 0.6) is 0 Å². The molecule has 13 heteroatoms. The summed E-state index contributed by atoms with van der Waals surface area (Å²) in [6, 6.07) is 0. The zero-order chi connectivity index (χ0) is 17.0. The first kappa shape index (κ1) is 16.2. The van der Waals surface area contributed by atoms with Crippen molar-refractivity contribution in [3.05, 3.63) is 12.7 Å². The number of hydrogen-bond donors (Lipinski definition) is 5. The molecular weight excluding hydrogens is 333 g/mol. The number of nitrogen functional groups attached to an aromatic ring is 1. The summed E-state index contributed by atoms with van der Waals surface area (Å²) in [5, 5.41) is 20.6. The Morgan fingerprint density at radius 3 is 2.78 bits per heavy atom. The van der Waals surface area contributed by atoms with Crippen LogP contribution in [0.25, 0.3) is 11.2 Å². The van der Waals surface area contributed by atoms with E-state index in [4.69, 9.17) is 20.3 Å². The number of phosphoric ester groups is 1. The number of aromatic nitrogens is 4. The van der Waals surface area contributed by atoms with Gasteiger partial charge in [-0.05, 0) is 6.92 Å². The van der Waals surface area contributed by atoms with Gasteiger partial charge in [0.2, 0.25) is 5.79 Å². The van der Waals surface area contributed by atoms with E-state index in [1.807, 2.05) is 0 Å². The number of ether oxygens (including phenoxy) is 1. The van der Waals surface area contributed by atoms with Crippen LogP contribution >= 0.6 is 7.82 Å². The van der Waals surface area contributed by atoms with E-state index < -0.39 is 32.0 Å². The van der Waals surface area contributed by atoms with E-state index in [2.05, 4.69) is 19.5 Å². The van der Waals surface area contributed by atoms with Crippen LogP contribution in [0.2, 0.25) is 0 Å². The van der Waals surface area contributed by atoms with Gasteiger partial charge in [-0.15, -0.1) is 0 Å². The van der Waals surface area contributed by atoms with E-state index in [1.165, 1.54) is 24.1 Å². The minimum absolute atomic E-state index is 0.107. The molecule has 0 bridgehead atoms. The number of phosphoric acid groups is 1. The van der Waals surface area contributed by atoms with Crippen molar-refractivity contribution in [2.45, 2.75) is 31.1 Å². The highest BCUT2D eigenvalue weighted by Crippen LogP contribution is 2.48. The number of fused-ring (bicyclic) bond motifs is 1. The van der Waals surface area contributed by atoms with E-state index in [0.717, 1.165) is 0 Å². The molecule has 0 amide bonds. The number of aliphatic hydroxyl groups excluding tert-OH is 1. The average Bonchev–Trinajstić information content (AvgIpc) is 2.94. The van der Waals surface area contributed by atoms with Gasteiger partial charge in [0.1, 0.15) is 17.9 Å². The van der Waals surface area contributed by atoms with Gasteiger partial charge in [-0.2, -0.15) is 0 Å². The molecule has 12 nitrogen and oxygen atoms in total. The molecule has 23 heavy (non-hydrogen) atoms. The number of nitrogens with two attached hydrogens (primary N) is 1. The third kappa shape index (κ3) is 2.60. The van der Waals surface area contributed by atoms with E-state index in [1.54, 1.807) is 0 Å². The van der Waals surface area contributed by atoms with Crippen molar-refractivity contribution in [2.24, 2.45) is 0 Å². The fourth-order valence-corrected chi connectivity index (χ4v) is 3.06. The summed E-state index contributed by atoms with van der Waals surface area (Å²) < 4.78 is 22.0. The Morgan fingerprint density at radius 1 is 1.43 bits per heavy atom. The van der Waals surface area contributed by atoms with Crippen LogP contribution < -0.4 is 5.73 Å². The van der Waals surface area contributed by atoms with Crippen molar-refractivity contribution in [3.8, 4) is 0 Å². The zero-order valence-electron chi connectivity index (χ0n) is 11.7. The third-order valence-corrected chi connectivity index (χ3v) is 4.08. The van der Waals surface area contributed by atoms with E-state index in [9.17, 15) is 14.8 Å². The fourth-order valence-electron chi connectivity index (χ4n) is 2.42. The smallest absolute Gasteiger partial charge is 0.383 e. The maximum absolute atomic E-state index is 11.0. The Hall–Kier alpha value is -1.66. The number of imidazole rings is 1. The summed E-state index contributed by atoms with van der Waals surface area (Å²) in [5.41, 5.74) is 6.13. The highest BCUT2D eigenvalue weighted by atomic mass is 31.2. The first-order valence-electron chi connectivity index (χ1n) is 6.38. The fraction of sp³-hybridized carbons (Fsp3) is 0.500. The monoisotopic (exact) mass is 347 g/mol. The summed E-state index contributed by atoms with van der Waals surface area (Å²) in [5.74, 6) is -2.50. The van der Waals surface area contributed by atoms with Gasteiger partial charge >= 0.3 is 7.82 Å². The third-order valence-electron chi connectivity index (χ3n) is 3.55. The van der Waals surface area contributed by atoms with E-state index in [-0.39, 0.29) is 17.0 Å². The predicted octanol–water partition coefficient (Wildman–Crippen LogP) is -1.52. The van der Waals surface area contributed by atoms with Crippen molar-refractivity contribution in [2.75, 3.05) is 5.73 Å². The van der Waals surface area contributed by atoms with Crippen molar-refractivity contribution in [1.29, 1.82) is 0 Å². The lowest BCUT2D eigenvalue weighted by atomic mass is 10.1. The van der Waals surface area contributed by atoms with Crippen LogP contribution in [-0.2, 0) is 13.8 Å². The van der Waals surface area contributed by atoms with Crippen LogP contribution in [0.4, 0.5) is 5.82 Å². The molecule has 1 saturated heterocycles. The van der Waals surface area contributed by atoms with Crippen LogP contribution in [0.1, 0.15) is 13.2 Å². The molecule has 6 N–H and O–H groups in total. The molecule has 1 fully saturated rings. The summed E-state index contributed by atoms with van der Waals surface area (Å²) in [6.45, 7) is 1.29. The van der Waals surface area contributed by atoms with Crippen LogP contribution in [0.3, 0.4) is 0 Å². The Morgan fingerprint density at radius 2 is 2.13 bits per heavy atom. The molecule has 0 unspecified atom stereocenters. The lowest BCUT2D eigenvalue weighted by Crippen LogP contribution is -2.48. The molecule has 3 heterocycles. The first-order valence-corrected chi connectivity index (χ1v) is 7.91. The van der Waals surface area contributed by atoms with Crippen LogP contribution in [0, 0.1) is 0 Å². The van der Waals surface area contributed by atoms with E-state index >= 15 is 0 Å². The molecule has 1 aliphatic rings. The number of hydrogen-bond acceptors (Lipinski definition) is 9. The Bertz CT molecular complexity index is 793. The Balaban J connectivity index is 2.01. The van der Waals surface area contributed by atoms with Crippen LogP contribution in [-0.4, -0.2) is 57.5 Å². The van der Waals surface area contributed by atoms with Gasteiger partial charge in [-0.1, -0.05) is 0 Å². The molecule has 0 aliphatic carbocycles. The summed E-state index contributed by atoms with van der Waals surface area (Å²) in [4.78, 5) is 29.5. The SMILES string of the molecule is C[C@H]1O[C@@H](n2cnc3c(N)ncnc32)[C@H](O)[C@@]1(O)OP(=O)(O)O. The summed E-state index contributed by atoms with van der Waals surface area (Å²) in [7, 11) is -5.07. The molecule has 3 rings (SSSR count). The Labute approximate surface area is 128 Å². The molecule has 2 aromatic rings. The number of nitrogens with zero attached hydrogens (tertiary/aromatic N) is 4. The normalized spacial score (nSPS) is 31.8. The van der Waals surface area contributed by atoms with E-state index in [0.29, 0.717) is 0 Å². The van der Waals surface area contributed by atoms with Gasteiger partial charge in [-0.3, -0.25) is 4.57 Å². The highest BCUT2D eigenvalue weighted by Gasteiger charge is 2.58. The van der Waals surface area contributed by atoms with Crippen molar-refractivity contribution in [3.63, 3.8) is 0 Å². The Kier molecular flexibility index (Phi) is 3.65. The molecular formula is C10H14N5O7P. The number of rotatable bonds is 3. The standard InChI is InChI=1S/C10H14N5O7P/c1-4-10(17,22-23(18,19)20)6(16)9(21-4)15-3-14-5-7(11)12-2-13-8(5)15/h2-4,6,9,16-17H,1H3,(H2,11,12,13)(H2,18,19,20)/t4-,6+,9-,10+/m1/s1. The molecule has 0 aromatic carbocycles. The maximum atomic E-state index is 11.0. The summed E-state index contributed by atoms with van der Waals surface area (Å²) in [6.07, 6.45) is -1.88. The largest absolute Gasteiger partial charge is 0.472 e. The first-order chi connectivity index (χ1) is 10.6. The highest BCUT2D eigenvalue weighted by molar-refractivity contribution is 7.46. The van der Waals surface area contributed by atoms with Gasteiger partial charge in [-0.25, -0.2) is 24.0 Å². The second-order valence-electron chi connectivity index (χ2n) is 5.03. The lowest BCUT2D eigenvalue weighted by molar-refractivity contribution is -0.215. The molecule has 0 radical (unpaired) electrons. The van der Waals surface area contributed by atoms with Gasteiger partial charge in [0.05, 0.1) is 6.33 Å².